The molecule has 1 atom stereocenters. The molecule has 0 aliphatic carbocycles. The van der Waals surface area contributed by atoms with Gasteiger partial charge in [-0.05, 0) is 51.7 Å². The maximum Gasteiger partial charge on any atom is 0.0527 e. The highest BCUT2D eigenvalue weighted by atomic mass is 15.1. The van der Waals surface area contributed by atoms with Gasteiger partial charge in [-0.25, -0.2) is 0 Å². The summed E-state index contributed by atoms with van der Waals surface area (Å²) >= 11 is 0. The van der Waals surface area contributed by atoms with Gasteiger partial charge in [0.2, 0.25) is 0 Å². The van der Waals surface area contributed by atoms with Gasteiger partial charge in [0.15, 0.2) is 0 Å². The third-order valence-corrected chi connectivity index (χ3v) is 2.52. The summed E-state index contributed by atoms with van der Waals surface area (Å²) < 4.78 is 0. The minimum absolute atomic E-state index is 0.230. The van der Waals surface area contributed by atoms with Gasteiger partial charge in [-0.2, -0.15) is 0 Å². The first-order valence-electron chi connectivity index (χ1n) is 5.84. The predicted octanol–water partition coefficient (Wildman–Crippen LogP) is 2.37. The van der Waals surface area contributed by atoms with Crippen molar-refractivity contribution < 1.29 is 0 Å². The van der Waals surface area contributed by atoms with E-state index in [0.29, 0.717) is 0 Å². The van der Waals surface area contributed by atoms with Crippen LogP contribution in [0.4, 0.5) is 0 Å². The largest absolute Gasteiger partial charge is 0.405 e. The molecule has 0 bridgehead atoms. The molecule has 0 rings (SSSR count). The van der Waals surface area contributed by atoms with Crippen LogP contribution in [0, 0.1) is 0 Å². The normalized spacial score (nSPS) is 15.0. The molecule has 0 aromatic heterocycles. The predicted molar refractivity (Wildman–Crippen MR) is 77.3 cm³/mol. The van der Waals surface area contributed by atoms with Crippen LogP contribution in [0.1, 0.15) is 19.8 Å². The van der Waals surface area contributed by atoms with Gasteiger partial charge >= 0.3 is 0 Å². The van der Waals surface area contributed by atoms with Gasteiger partial charge in [0.25, 0.3) is 0 Å². The van der Waals surface area contributed by atoms with E-state index in [0.717, 1.165) is 18.4 Å². The van der Waals surface area contributed by atoms with Crippen LogP contribution in [0.15, 0.2) is 41.1 Å². The number of rotatable bonds is 7. The fraction of sp³-hybridized carbons (Fsp3) is 0.500. The standard InChI is InChI=1S/C14H25N3/c1-12(2)14(17(4)5)13(11-15)9-7-6-8-10-16-3/h6,8,10-11,14H,1,7,9,15H2,2-5H3/b8-6-,13-11-,16-10?. The Morgan fingerprint density at radius 1 is 1.47 bits per heavy atom. The van der Waals surface area contributed by atoms with Crippen LogP contribution in [-0.4, -0.2) is 38.3 Å². The zero-order chi connectivity index (χ0) is 13.3. The molecular formula is C14H25N3. The minimum atomic E-state index is 0.230. The minimum Gasteiger partial charge on any atom is -0.405 e. The monoisotopic (exact) mass is 235 g/mol. The van der Waals surface area contributed by atoms with Crippen LogP contribution in [-0.2, 0) is 0 Å². The van der Waals surface area contributed by atoms with Crippen molar-refractivity contribution in [3.63, 3.8) is 0 Å². The lowest BCUT2D eigenvalue weighted by atomic mass is 9.96. The molecule has 0 fully saturated rings. The maximum atomic E-state index is 5.71. The average molecular weight is 235 g/mol. The summed E-state index contributed by atoms with van der Waals surface area (Å²) in [5.74, 6) is 0. The number of allylic oxidation sites excluding steroid dienone is 2. The van der Waals surface area contributed by atoms with Crippen molar-refractivity contribution in [2.75, 3.05) is 21.1 Å². The average Bonchev–Trinajstić information content (AvgIpc) is 2.25. The van der Waals surface area contributed by atoms with E-state index in [1.165, 1.54) is 5.57 Å². The number of nitrogens with two attached hydrogens (primary N) is 1. The lowest BCUT2D eigenvalue weighted by Crippen LogP contribution is -2.31. The molecule has 0 spiro atoms. The Bertz CT molecular complexity index is 311. The summed E-state index contributed by atoms with van der Waals surface area (Å²) in [5.41, 5.74) is 8.04. The van der Waals surface area contributed by atoms with E-state index in [-0.39, 0.29) is 6.04 Å². The van der Waals surface area contributed by atoms with Crippen LogP contribution in [0.5, 0.6) is 0 Å². The van der Waals surface area contributed by atoms with Gasteiger partial charge in [-0.3, -0.25) is 9.89 Å². The Labute approximate surface area is 105 Å². The van der Waals surface area contributed by atoms with Crippen molar-refractivity contribution in [1.29, 1.82) is 0 Å². The number of aliphatic imine (C=N–C) groups is 1. The number of nitrogens with zero attached hydrogens (tertiary/aromatic N) is 2. The van der Waals surface area contributed by atoms with Crippen molar-refractivity contribution in [1.82, 2.24) is 4.90 Å². The fourth-order valence-corrected chi connectivity index (χ4v) is 1.89. The third-order valence-electron chi connectivity index (χ3n) is 2.52. The molecule has 0 aromatic carbocycles. The van der Waals surface area contributed by atoms with Crippen molar-refractivity contribution >= 4 is 6.21 Å². The summed E-state index contributed by atoms with van der Waals surface area (Å²) in [7, 11) is 5.85. The first-order valence-corrected chi connectivity index (χ1v) is 5.84. The molecule has 3 nitrogen and oxygen atoms in total. The zero-order valence-corrected chi connectivity index (χ0v) is 11.5. The molecule has 0 amide bonds. The van der Waals surface area contributed by atoms with Crippen LogP contribution in [0.2, 0.25) is 0 Å². The van der Waals surface area contributed by atoms with E-state index in [4.69, 9.17) is 5.73 Å². The highest BCUT2D eigenvalue weighted by Crippen LogP contribution is 2.19. The Morgan fingerprint density at radius 2 is 2.12 bits per heavy atom. The number of hydrogen-bond donors (Lipinski definition) is 1. The maximum absolute atomic E-state index is 5.71. The van der Waals surface area contributed by atoms with Crippen molar-refractivity contribution in [3.05, 3.63) is 36.1 Å². The summed E-state index contributed by atoms with van der Waals surface area (Å²) in [4.78, 5) is 6.03. The van der Waals surface area contributed by atoms with Gasteiger partial charge in [-0.1, -0.05) is 18.2 Å². The first-order chi connectivity index (χ1) is 8.04. The topological polar surface area (TPSA) is 41.6 Å². The molecular weight excluding hydrogens is 210 g/mol. The van der Waals surface area contributed by atoms with E-state index < -0.39 is 0 Å². The molecule has 2 N–H and O–H groups in total. The quantitative estimate of drug-likeness (QED) is 0.544. The molecule has 0 saturated heterocycles. The summed E-state index contributed by atoms with van der Waals surface area (Å²) in [6.07, 6.45) is 9.46. The smallest absolute Gasteiger partial charge is 0.0527 e. The Morgan fingerprint density at radius 3 is 2.53 bits per heavy atom. The zero-order valence-electron chi connectivity index (χ0n) is 11.5. The Balaban J connectivity index is 4.47. The molecule has 1 unspecified atom stereocenters. The second-order valence-electron chi connectivity index (χ2n) is 4.33. The highest BCUT2D eigenvalue weighted by molar-refractivity contribution is 5.70. The molecule has 0 aliphatic heterocycles. The Kier molecular flexibility index (Phi) is 8.07. The molecule has 0 heterocycles. The summed E-state index contributed by atoms with van der Waals surface area (Å²) in [5, 5.41) is 0. The summed E-state index contributed by atoms with van der Waals surface area (Å²) in [6, 6.07) is 0.230. The second kappa shape index (κ2) is 8.76. The van der Waals surface area contributed by atoms with Crippen molar-refractivity contribution in [3.8, 4) is 0 Å². The molecule has 3 heteroatoms. The molecule has 0 saturated carbocycles. The number of likely N-dealkylation sites (N-methyl/N-ethyl adjacent to an activating group) is 1. The molecule has 0 aliphatic rings. The van der Waals surface area contributed by atoms with Gasteiger partial charge in [0, 0.05) is 13.3 Å². The van der Waals surface area contributed by atoms with Gasteiger partial charge < -0.3 is 5.73 Å². The Hall–Kier alpha value is -1.35. The fourth-order valence-electron chi connectivity index (χ4n) is 1.89. The van der Waals surface area contributed by atoms with E-state index >= 15 is 0 Å². The van der Waals surface area contributed by atoms with Gasteiger partial charge in [0.05, 0.1) is 6.04 Å². The van der Waals surface area contributed by atoms with Crippen LogP contribution < -0.4 is 5.73 Å². The van der Waals surface area contributed by atoms with Crippen LogP contribution >= 0.6 is 0 Å². The van der Waals surface area contributed by atoms with Gasteiger partial charge in [0.1, 0.15) is 0 Å². The van der Waals surface area contributed by atoms with E-state index in [2.05, 4.69) is 22.5 Å². The SMILES string of the molecule is C=C(C)C(/C(=C\N)CC/C=C\C=NC)N(C)C. The van der Waals surface area contributed by atoms with Crippen LogP contribution in [0.25, 0.3) is 0 Å². The second-order valence-corrected chi connectivity index (χ2v) is 4.33. The molecule has 17 heavy (non-hydrogen) atoms. The number of hydrogen-bond acceptors (Lipinski definition) is 3. The molecule has 0 radical (unpaired) electrons. The molecule has 0 aromatic rings. The lowest BCUT2D eigenvalue weighted by molar-refractivity contribution is 0.359. The van der Waals surface area contributed by atoms with Crippen LogP contribution in [0.3, 0.4) is 0 Å². The van der Waals surface area contributed by atoms with E-state index in [9.17, 15) is 0 Å². The van der Waals surface area contributed by atoms with E-state index in [1.54, 1.807) is 19.5 Å². The van der Waals surface area contributed by atoms with Crippen molar-refractivity contribution in [2.45, 2.75) is 25.8 Å². The molecule has 96 valence electrons. The van der Waals surface area contributed by atoms with Gasteiger partial charge in [-0.15, -0.1) is 0 Å². The van der Waals surface area contributed by atoms with Crippen molar-refractivity contribution in [2.24, 2.45) is 10.7 Å². The highest BCUT2D eigenvalue weighted by Gasteiger charge is 2.16. The summed E-state index contributed by atoms with van der Waals surface area (Å²) in [6.45, 7) is 6.06. The van der Waals surface area contributed by atoms with E-state index in [1.807, 2.05) is 27.1 Å². The third kappa shape index (κ3) is 6.07. The lowest BCUT2D eigenvalue weighted by Gasteiger charge is -2.27. The first kappa shape index (κ1) is 15.7.